The first kappa shape index (κ1) is 30.8. The van der Waals surface area contributed by atoms with Crippen molar-refractivity contribution in [3.8, 4) is 33.4 Å². The Bertz CT molecular complexity index is 2750. The predicted octanol–water partition coefficient (Wildman–Crippen LogP) is 14.8. The number of nitrogens with zero attached hydrogens (tertiary/aromatic N) is 1. The molecule has 10 rings (SSSR count). The maximum absolute atomic E-state index is 2.49. The molecule has 0 heterocycles. The fourth-order valence-electron chi connectivity index (χ4n) is 8.03. The van der Waals surface area contributed by atoms with Gasteiger partial charge in [0.25, 0.3) is 0 Å². The summed E-state index contributed by atoms with van der Waals surface area (Å²) in [5.74, 6) is 0. The van der Waals surface area contributed by atoms with E-state index in [1.165, 1.54) is 76.5 Å². The summed E-state index contributed by atoms with van der Waals surface area (Å²) >= 11 is 0. The number of hydrogen-bond acceptors (Lipinski definition) is 1. The Morgan fingerprint density at radius 1 is 0.245 bits per heavy atom. The van der Waals surface area contributed by atoms with Crippen LogP contribution in [-0.2, 0) is 0 Å². The molecule has 0 saturated heterocycles. The Kier molecular flexibility index (Phi) is 7.55. The maximum Gasteiger partial charge on any atom is 0.0618 e. The zero-order valence-corrected chi connectivity index (χ0v) is 29.2. The van der Waals surface area contributed by atoms with Gasteiger partial charge in [0, 0.05) is 22.5 Å². The molecular weight excluding hydrogens is 639 g/mol. The largest absolute Gasteiger partial charge is 0.309 e. The van der Waals surface area contributed by atoms with Crippen molar-refractivity contribution in [1.29, 1.82) is 0 Å². The van der Waals surface area contributed by atoms with E-state index < -0.39 is 0 Å². The molecule has 248 valence electrons. The lowest BCUT2D eigenvalue weighted by molar-refractivity contribution is 1.29. The fraction of sp³-hybridized carbons (Fsp3) is 0. The first-order valence-electron chi connectivity index (χ1n) is 18.3. The van der Waals surface area contributed by atoms with Gasteiger partial charge in [-0.15, -0.1) is 0 Å². The van der Waals surface area contributed by atoms with Crippen molar-refractivity contribution in [2.45, 2.75) is 0 Å². The third kappa shape index (κ3) is 5.51. The van der Waals surface area contributed by atoms with Crippen LogP contribution in [0.25, 0.3) is 76.5 Å². The Balaban J connectivity index is 1.31. The standard InChI is InChI=1S/C52H35N/c1-4-14-36(15-5-1)43-34-50(37-16-6-2-7-17-37)52(51(35-43)38-18-8-3-9-19-38)53(44-28-30-48-41(32-44)26-24-39-20-10-12-22-46(39)48)45-29-31-49-42(33-45)27-25-40-21-11-13-23-47(40)49/h1-35H. The van der Waals surface area contributed by atoms with Gasteiger partial charge in [-0.2, -0.15) is 0 Å². The lowest BCUT2D eigenvalue weighted by Gasteiger charge is -2.31. The summed E-state index contributed by atoms with van der Waals surface area (Å²) in [5.41, 5.74) is 10.4. The Morgan fingerprint density at radius 2 is 0.623 bits per heavy atom. The van der Waals surface area contributed by atoms with Gasteiger partial charge in [0.2, 0.25) is 0 Å². The van der Waals surface area contributed by atoms with E-state index in [0.29, 0.717) is 0 Å². The van der Waals surface area contributed by atoms with Crippen molar-refractivity contribution >= 4 is 60.2 Å². The SMILES string of the molecule is c1ccc(-c2cc(-c3ccccc3)c(N(c3ccc4c(ccc5ccccc54)c3)c3ccc4c(ccc5ccccc54)c3)c(-c3ccccc3)c2)cc1. The van der Waals surface area contributed by atoms with Gasteiger partial charge in [0.1, 0.15) is 0 Å². The first-order chi connectivity index (χ1) is 26.3. The number of rotatable bonds is 6. The van der Waals surface area contributed by atoms with Crippen molar-refractivity contribution in [2.24, 2.45) is 0 Å². The Morgan fingerprint density at radius 3 is 1.09 bits per heavy atom. The number of fused-ring (bicyclic) bond motifs is 6. The molecule has 0 saturated carbocycles. The van der Waals surface area contributed by atoms with Crippen molar-refractivity contribution in [3.05, 3.63) is 212 Å². The van der Waals surface area contributed by atoms with Gasteiger partial charge in [0.05, 0.1) is 5.69 Å². The van der Waals surface area contributed by atoms with Crippen LogP contribution >= 0.6 is 0 Å². The van der Waals surface area contributed by atoms with Crippen LogP contribution in [0, 0.1) is 0 Å². The van der Waals surface area contributed by atoms with Crippen LogP contribution in [-0.4, -0.2) is 0 Å². The summed E-state index contributed by atoms with van der Waals surface area (Å²) in [6.07, 6.45) is 0. The number of benzene rings is 10. The maximum atomic E-state index is 2.49. The van der Waals surface area contributed by atoms with Crippen molar-refractivity contribution in [1.82, 2.24) is 0 Å². The number of hydrogen-bond donors (Lipinski definition) is 0. The zero-order chi connectivity index (χ0) is 35.1. The molecule has 0 amide bonds. The molecule has 1 heteroatoms. The minimum absolute atomic E-state index is 1.11. The van der Waals surface area contributed by atoms with Gasteiger partial charge >= 0.3 is 0 Å². The summed E-state index contributed by atoms with van der Waals surface area (Å²) < 4.78 is 0. The van der Waals surface area contributed by atoms with E-state index in [-0.39, 0.29) is 0 Å². The summed E-state index contributed by atoms with van der Waals surface area (Å²) in [6.45, 7) is 0. The van der Waals surface area contributed by atoms with Crippen LogP contribution in [0.5, 0.6) is 0 Å². The van der Waals surface area contributed by atoms with E-state index in [1.54, 1.807) is 0 Å². The monoisotopic (exact) mass is 673 g/mol. The quantitative estimate of drug-likeness (QED) is 0.159. The molecule has 0 atom stereocenters. The van der Waals surface area contributed by atoms with Crippen molar-refractivity contribution in [2.75, 3.05) is 4.90 Å². The van der Waals surface area contributed by atoms with E-state index in [0.717, 1.165) is 17.1 Å². The summed E-state index contributed by atoms with van der Waals surface area (Å²) in [4.78, 5) is 2.49. The van der Waals surface area contributed by atoms with Gasteiger partial charge in [-0.25, -0.2) is 0 Å². The minimum atomic E-state index is 1.11. The highest BCUT2D eigenvalue weighted by Crippen LogP contribution is 2.49. The highest BCUT2D eigenvalue weighted by Gasteiger charge is 2.24. The van der Waals surface area contributed by atoms with Gasteiger partial charge in [-0.05, 0) is 102 Å². The highest BCUT2D eigenvalue weighted by molar-refractivity contribution is 6.11. The Labute approximate surface area is 309 Å². The molecule has 0 aliphatic heterocycles. The van der Waals surface area contributed by atoms with Crippen LogP contribution in [0.2, 0.25) is 0 Å². The molecular formula is C52H35N. The third-order valence-corrected chi connectivity index (χ3v) is 10.6. The molecule has 0 N–H and O–H groups in total. The molecule has 0 aliphatic rings. The van der Waals surface area contributed by atoms with E-state index >= 15 is 0 Å². The van der Waals surface area contributed by atoms with E-state index in [2.05, 4.69) is 217 Å². The second kappa shape index (κ2) is 13.0. The van der Waals surface area contributed by atoms with Gasteiger partial charge in [0.15, 0.2) is 0 Å². The molecule has 1 nitrogen and oxygen atoms in total. The first-order valence-corrected chi connectivity index (χ1v) is 18.3. The van der Waals surface area contributed by atoms with E-state index in [9.17, 15) is 0 Å². The minimum Gasteiger partial charge on any atom is -0.309 e. The third-order valence-electron chi connectivity index (χ3n) is 10.6. The average molecular weight is 674 g/mol. The molecule has 10 aromatic rings. The lowest BCUT2D eigenvalue weighted by atomic mass is 9.89. The fourth-order valence-corrected chi connectivity index (χ4v) is 8.03. The molecule has 0 bridgehead atoms. The Hall–Kier alpha value is -6.96. The predicted molar refractivity (Wildman–Crippen MR) is 227 cm³/mol. The van der Waals surface area contributed by atoms with Gasteiger partial charge in [-0.1, -0.05) is 176 Å². The van der Waals surface area contributed by atoms with Crippen LogP contribution < -0.4 is 4.90 Å². The summed E-state index contributed by atoms with van der Waals surface area (Å²) in [5, 5.41) is 9.96. The molecule has 0 aromatic heterocycles. The summed E-state index contributed by atoms with van der Waals surface area (Å²) in [6, 6.07) is 77.5. The molecule has 10 aromatic carbocycles. The van der Waals surface area contributed by atoms with Crippen LogP contribution in [0.4, 0.5) is 17.1 Å². The molecule has 0 spiro atoms. The van der Waals surface area contributed by atoms with Crippen LogP contribution in [0.15, 0.2) is 212 Å². The van der Waals surface area contributed by atoms with Gasteiger partial charge in [-0.3, -0.25) is 0 Å². The molecule has 0 fully saturated rings. The molecule has 0 unspecified atom stereocenters. The number of anilines is 3. The smallest absolute Gasteiger partial charge is 0.0618 e. The topological polar surface area (TPSA) is 3.24 Å². The average Bonchev–Trinajstić information content (AvgIpc) is 3.24. The lowest BCUT2D eigenvalue weighted by Crippen LogP contribution is -2.13. The van der Waals surface area contributed by atoms with E-state index in [1.807, 2.05) is 0 Å². The van der Waals surface area contributed by atoms with Crippen molar-refractivity contribution < 1.29 is 0 Å². The van der Waals surface area contributed by atoms with Crippen molar-refractivity contribution in [3.63, 3.8) is 0 Å². The molecule has 0 aliphatic carbocycles. The molecule has 0 radical (unpaired) electrons. The van der Waals surface area contributed by atoms with Crippen LogP contribution in [0.3, 0.4) is 0 Å². The van der Waals surface area contributed by atoms with Gasteiger partial charge < -0.3 is 4.90 Å². The second-order valence-corrected chi connectivity index (χ2v) is 13.7. The summed E-state index contributed by atoms with van der Waals surface area (Å²) in [7, 11) is 0. The normalized spacial score (nSPS) is 11.4. The second-order valence-electron chi connectivity index (χ2n) is 13.7. The molecule has 53 heavy (non-hydrogen) atoms. The highest BCUT2D eigenvalue weighted by atomic mass is 15.1. The van der Waals surface area contributed by atoms with Crippen LogP contribution in [0.1, 0.15) is 0 Å². The zero-order valence-electron chi connectivity index (χ0n) is 29.2. The van der Waals surface area contributed by atoms with E-state index in [4.69, 9.17) is 0 Å².